The van der Waals surface area contributed by atoms with Crippen molar-refractivity contribution in [2.75, 3.05) is 17.7 Å². The number of nitriles is 1. The van der Waals surface area contributed by atoms with Gasteiger partial charge in [0.05, 0.1) is 11.1 Å². The molecule has 0 fully saturated rings. The van der Waals surface area contributed by atoms with E-state index in [2.05, 4.69) is 11.4 Å². The maximum absolute atomic E-state index is 11.9. The van der Waals surface area contributed by atoms with Crippen LogP contribution in [0.1, 0.15) is 26.4 Å². The van der Waals surface area contributed by atoms with Crippen LogP contribution in [-0.2, 0) is 9.53 Å². The van der Waals surface area contributed by atoms with E-state index in [4.69, 9.17) is 15.7 Å². The number of amides is 1. The molecule has 1 heterocycles. The molecular weight excluding hydrogens is 314 g/mol. The first kappa shape index (κ1) is 16.5. The molecule has 0 unspecified atom stereocenters. The molecular formula is C16H15N3O3S. The van der Waals surface area contributed by atoms with Gasteiger partial charge in [-0.15, -0.1) is 11.3 Å². The van der Waals surface area contributed by atoms with Gasteiger partial charge in [0.1, 0.15) is 11.1 Å². The van der Waals surface area contributed by atoms with Crippen molar-refractivity contribution >= 4 is 33.9 Å². The predicted molar refractivity (Wildman–Crippen MR) is 88.3 cm³/mol. The van der Waals surface area contributed by atoms with E-state index in [1.807, 2.05) is 13.8 Å². The third-order valence-electron chi connectivity index (χ3n) is 3.27. The number of anilines is 2. The molecule has 0 spiro atoms. The van der Waals surface area contributed by atoms with Gasteiger partial charge in [-0.2, -0.15) is 5.26 Å². The van der Waals surface area contributed by atoms with Gasteiger partial charge in [0.15, 0.2) is 6.61 Å². The van der Waals surface area contributed by atoms with Gasteiger partial charge < -0.3 is 15.8 Å². The van der Waals surface area contributed by atoms with Crippen LogP contribution in [0.25, 0.3) is 0 Å². The number of carbonyl (C=O) groups is 2. The molecule has 2 rings (SSSR count). The van der Waals surface area contributed by atoms with Gasteiger partial charge >= 0.3 is 5.97 Å². The van der Waals surface area contributed by atoms with Gasteiger partial charge in [-0.1, -0.05) is 12.1 Å². The third kappa shape index (κ3) is 3.67. The molecule has 0 aliphatic carbocycles. The third-order valence-corrected chi connectivity index (χ3v) is 4.39. The number of ether oxygens (including phenoxy) is 1. The second kappa shape index (κ2) is 6.94. The predicted octanol–water partition coefficient (Wildman–Crippen LogP) is 2.61. The largest absolute Gasteiger partial charge is 0.452 e. The fraction of sp³-hybridized carbons (Fsp3) is 0.188. The molecule has 1 amide bonds. The summed E-state index contributed by atoms with van der Waals surface area (Å²) in [7, 11) is 0. The van der Waals surface area contributed by atoms with Crippen molar-refractivity contribution in [3.63, 3.8) is 0 Å². The number of carbonyl (C=O) groups excluding carboxylic acids is 2. The highest BCUT2D eigenvalue weighted by Crippen LogP contribution is 2.31. The summed E-state index contributed by atoms with van der Waals surface area (Å²) in [5.74, 6) is -1.18. The minimum atomic E-state index is -0.669. The van der Waals surface area contributed by atoms with E-state index in [0.29, 0.717) is 10.6 Å². The van der Waals surface area contributed by atoms with Crippen LogP contribution in [0.5, 0.6) is 0 Å². The van der Waals surface area contributed by atoms with Crippen LogP contribution in [-0.4, -0.2) is 18.5 Å². The fourth-order valence-electron chi connectivity index (χ4n) is 1.90. The Hall–Kier alpha value is -2.85. The molecule has 6 nitrogen and oxygen atoms in total. The number of hydrogen-bond acceptors (Lipinski definition) is 6. The molecule has 118 valence electrons. The normalized spacial score (nSPS) is 9.96. The van der Waals surface area contributed by atoms with Crippen molar-refractivity contribution < 1.29 is 14.3 Å². The van der Waals surface area contributed by atoms with Crippen molar-refractivity contribution in [1.82, 2.24) is 0 Å². The molecule has 0 radical (unpaired) electrons. The van der Waals surface area contributed by atoms with Gasteiger partial charge in [0.25, 0.3) is 5.91 Å². The number of nitrogens with one attached hydrogen (secondary N) is 1. The number of para-hydroxylation sites is 1. The highest BCUT2D eigenvalue weighted by Gasteiger charge is 2.16. The highest BCUT2D eigenvalue weighted by molar-refractivity contribution is 7.16. The number of aryl methyl sites for hydroxylation is 1. The second-order valence-electron chi connectivity index (χ2n) is 4.81. The van der Waals surface area contributed by atoms with E-state index in [0.717, 1.165) is 10.4 Å². The number of esters is 1. The first-order chi connectivity index (χ1) is 10.9. The molecule has 7 heteroatoms. The molecule has 2 aromatic rings. The average molecular weight is 329 g/mol. The van der Waals surface area contributed by atoms with E-state index >= 15 is 0 Å². The van der Waals surface area contributed by atoms with Crippen LogP contribution in [0.3, 0.4) is 0 Å². The summed E-state index contributed by atoms with van der Waals surface area (Å²) >= 11 is 1.31. The lowest BCUT2D eigenvalue weighted by molar-refractivity contribution is -0.119. The summed E-state index contributed by atoms with van der Waals surface area (Å²) < 4.78 is 4.94. The number of nitrogens with two attached hydrogens (primary N) is 1. The quantitative estimate of drug-likeness (QED) is 0.662. The van der Waals surface area contributed by atoms with Gasteiger partial charge in [0.2, 0.25) is 0 Å². The van der Waals surface area contributed by atoms with Crippen LogP contribution in [0, 0.1) is 25.2 Å². The van der Waals surface area contributed by atoms with E-state index in [1.165, 1.54) is 17.4 Å². The molecule has 0 saturated carbocycles. The minimum absolute atomic E-state index is 0.209. The Morgan fingerprint density at radius 2 is 2.04 bits per heavy atom. The molecule has 0 saturated heterocycles. The first-order valence-electron chi connectivity index (χ1n) is 6.75. The maximum Gasteiger partial charge on any atom is 0.340 e. The SMILES string of the molecule is Cc1sc(NC(=O)COC(=O)c2ccccc2N)c(C#N)c1C. The van der Waals surface area contributed by atoms with E-state index in [1.54, 1.807) is 18.2 Å². The Kier molecular flexibility index (Phi) is 4.98. The number of hydrogen-bond donors (Lipinski definition) is 2. The Labute approximate surface area is 137 Å². The summed E-state index contributed by atoms with van der Waals surface area (Å²) in [6.45, 7) is 3.24. The zero-order valence-corrected chi connectivity index (χ0v) is 13.5. The maximum atomic E-state index is 11.9. The van der Waals surface area contributed by atoms with Crippen LogP contribution in [0.4, 0.5) is 10.7 Å². The molecule has 0 aliphatic rings. The molecule has 0 aliphatic heterocycles. The van der Waals surface area contributed by atoms with Gasteiger partial charge in [-0.3, -0.25) is 4.79 Å². The van der Waals surface area contributed by atoms with Crippen LogP contribution in [0.15, 0.2) is 24.3 Å². The Morgan fingerprint density at radius 3 is 2.70 bits per heavy atom. The van der Waals surface area contributed by atoms with Crippen molar-refractivity contribution in [2.45, 2.75) is 13.8 Å². The zero-order valence-electron chi connectivity index (χ0n) is 12.7. The first-order valence-corrected chi connectivity index (χ1v) is 7.57. The molecule has 3 N–H and O–H groups in total. The van der Waals surface area contributed by atoms with Gasteiger partial charge in [0, 0.05) is 10.6 Å². The van der Waals surface area contributed by atoms with Crippen LogP contribution < -0.4 is 11.1 Å². The van der Waals surface area contributed by atoms with E-state index < -0.39 is 18.5 Å². The summed E-state index contributed by atoms with van der Waals surface area (Å²) in [5, 5.41) is 12.2. The topological polar surface area (TPSA) is 105 Å². The smallest absolute Gasteiger partial charge is 0.340 e. The highest BCUT2D eigenvalue weighted by atomic mass is 32.1. The summed E-state index contributed by atoms with van der Waals surface area (Å²) in [6, 6.07) is 8.51. The molecule has 0 bridgehead atoms. The van der Waals surface area contributed by atoms with Gasteiger partial charge in [-0.25, -0.2) is 4.79 Å². The number of rotatable bonds is 4. The van der Waals surface area contributed by atoms with E-state index in [9.17, 15) is 9.59 Å². The monoisotopic (exact) mass is 329 g/mol. The molecule has 1 aromatic carbocycles. The second-order valence-corrected chi connectivity index (χ2v) is 6.04. The fourth-order valence-corrected chi connectivity index (χ4v) is 2.93. The lowest BCUT2D eigenvalue weighted by Gasteiger charge is -2.07. The van der Waals surface area contributed by atoms with Crippen molar-refractivity contribution in [2.24, 2.45) is 0 Å². The van der Waals surface area contributed by atoms with Crippen molar-refractivity contribution in [3.8, 4) is 6.07 Å². The molecule has 1 aromatic heterocycles. The lowest BCUT2D eigenvalue weighted by Crippen LogP contribution is -2.21. The zero-order chi connectivity index (χ0) is 17.0. The molecule has 23 heavy (non-hydrogen) atoms. The average Bonchev–Trinajstić information content (AvgIpc) is 2.79. The summed E-state index contributed by atoms with van der Waals surface area (Å²) in [6.07, 6.45) is 0. The number of benzene rings is 1. The standard InChI is InChI=1S/C16H15N3O3S/c1-9-10(2)23-15(12(9)7-17)19-14(20)8-22-16(21)11-5-3-4-6-13(11)18/h3-6H,8,18H2,1-2H3,(H,19,20). The van der Waals surface area contributed by atoms with E-state index in [-0.39, 0.29) is 11.3 Å². The van der Waals surface area contributed by atoms with Crippen LogP contribution >= 0.6 is 11.3 Å². The van der Waals surface area contributed by atoms with Crippen molar-refractivity contribution in [1.29, 1.82) is 5.26 Å². The number of nitrogen functional groups attached to an aromatic ring is 1. The summed E-state index contributed by atoms with van der Waals surface area (Å²) in [5.41, 5.74) is 7.43. The lowest BCUT2D eigenvalue weighted by atomic mass is 10.2. The summed E-state index contributed by atoms with van der Waals surface area (Å²) in [4.78, 5) is 24.7. The van der Waals surface area contributed by atoms with Gasteiger partial charge in [-0.05, 0) is 31.5 Å². The number of thiophene rings is 1. The number of nitrogens with zero attached hydrogens (tertiary/aromatic N) is 1. The Bertz CT molecular complexity index is 805. The van der Waals surface area contributed by atoms with Crippen molar-refractivity contribution in [3.05, 3.63) is 45.8 Å². The Balaban J connectivity index is 1.99. The van der Waals surface area contributed by atoms with Crippen LogP contribution in [0.2, 0.25) is 0 Å². The Morgan fingerprint density at radius 1 is 1.35 bits per heavy atom. The minimum Gasteiger partial charge on any atom is -0.452 e. The molecule has 0 atom stereocenters.